The van der Waals surface area contributed by atoms with Crippen LogP contribution < -0.4 is 20.7 Å². The zero-order chi connectivity index (χ0) is 23.0. The fraction of sp³-hybridized carbons (Fsp3) is 0.150. The van der Waals surface area contributed by atoms with Crippen LogP contribution in [-0.4, -0.2) is 45.4 Å². The summed E-state index contributed by atoms with van der Waals surface area (Å²) in [5.41, 5.74) is 9.06. The first-order valence-electron chi connectivity index (χ1n) is 9.38. The van der Waals surface area contributed by atoms with Gasteiger partial charge in [-0.2, -0.15) is 15.3 Å². The summed E-state index contributed by atoms with van der Waals surface area (Å²) in [6.07, 6.45) is -1.34. The molecule has 0 spiro atoms. The molecule has 4 rings (SSSR count). The van der Waals surface area contributed by atoms with Crippen LogP contribution in [0.1, 0.15) is 0 Å². The van der Waals surface area contributed by atoms with E-state index in [-0.39, 0.29) is 0 Å². The molecule has 0 aliphatic carbocycles. The minimum atomic E-state index is -4.85. The summed E-state index contributed by atoms with van der Waals surface area (Å²) in [6, 6.07) is 8.56. The van der Waals surface area contributed by atoms with Gasteiger partial charge in [0.1, 0.15) is 5.75 Å². The number of benzene rings is 2. The van der Waals surface area contributed by atoms with Crippen LogP contribution in [0, 0.1) is 0 Å². The first-order valence-corrected chi connectivity index (χ1v) is 9.38. The van der Waals surface area contributed by atoms with Crippen molar-refractivity contribution in [3.8, 4) is 28.3 Å². The lowest BCUT2D eigenvalue weighted by molar-refractivity contribution is -0.274. The monoisotopic (exact) mass is 443 g/mol. The highest BCUT2D eigenvalue weighted by atomic mass is 19.4. The van der Waals surface area contributed by atoms with Crippen LogP contribution in [0.2, 0.25) is 6.82 Å². The zero-order valence-electron chi connectivity index (χ0n) is 17.0. The van der Waals surface area contributed by atoms with E-state index in [2.05, 4.69) is 20.0 Å². The van der Waals surface area contributed by atoms with E-state index < -0.39 is 19.0 Å². The van der Waals surface area contributed by atoms with Crippen LogP contribution in [0.15, 0.2) is 48.9 Å². The van der Waals surface area contributed by atoms with Gasteiger partial charge in [0.2, 0.25) is 0 Å². The van der Waals surface area contributed by atoms with Gasteiger partial charge in [0.15, 0.2) is 5.75 Å². The second-order valence-corrected chi connectivity index (χ2v) is 6.99. The van der Waals surface area contributed by atoms with Crippen molar-refractivity contribution in [1.29, 1.82) is 0 Å². The summed E-state index contributed by atoms with van der Waals surface area (Å²) in [7, 11) is 1.43. The number of nitrogens with zero attached hydrogens (tertiary/aromatic N) is 4. The van der Waals surface area contributed by atoms with Gasteiger partial charge in [0.05, 0.1) is 42.6 Å². The van der Waals surface area contributed by atoms with E-state index in [0.29, 0.717) is 44.6 Å². The third-order valence-electron chi connectivity index (χ3n) is 4.82. The number of anilines is 1. The van der Waals surface area contributed by atoms with E-state index in [1.54, 1.807) is 37.2 Å². The van der Waals surface area contributed by atoms with Crippen LogP contribution in [0.4, 0.5) is 18.9 Å². The highest BCUT2D eigenvalue weighted by molar-refractivity contribution is 6.66. The van der Waals surface area contributed by atoms with Gasteiger partial charge in [-0.25, -0.2) is 4.68 Å². The van der Waals surface area contributed by atoms with Gasteiger partial charge in [-0.05, 0) is 23.2 Å². The molecule has 0 aliphatic rings. The Morgan fingerprint density at radius 2 is 1.94 bits per heavy atom. The van der Waals surface area contributed by atoms with E-state index in [9.17, 15) is 18.2 Å². The SMILES string of the molecule is COc1cc(-n2cc(OC(F)(F)F)cn2)c(-c2ccc3c(N)cnnc3c2)cc1B(C)O. The Labute approximate surface area is 180 Å². The lowest BCUT2D eigenvalue weighted by Gasteiger charge is -2.17. The predicted molar refractivity (Wildman–Crippen MR) is 113 cm³/mol. The summed E-state index contributed by atoms with van der Waals surface area (Å²) < 4.78 is 48.4. The highest BCUT2D eigenvalue weighted by Gasteiger charge is 2.32. The van der Waals surface area contributed by atoms with Crippen molar-refractivity contribution in [2.45, 2.75) is 13.2 Å². The average Bonchev–Trinajstić information content (AvgIpc) is 3.19. The Morgan fingerprint density at radius 3 is 2.62 bits per heavy atom. The smallest absolute Gasteiger partial charge is 0.497 e. The van der Waals surface area contributed by atoms with Crippen LogP contribution >= 0.6 is 0 Å². The van der Waals surface area contributed by atoms with Crippen molar-refractivity contribution >= 4 is 29.0 Å². The summed E-state index contributed by atoms with van der Waals surface area (Å²) in [6.45, 7) is 0.715. The Balaban J connectivity index is 1.92. The van der Waals surface area contributed by atoms with Gasteiger partial charge >= 0.3 is 13.3 Å². The van der Waals surface area contributed by atoms with Gasteiger partial charge < -0.3 is 20.2 Å². The molecule has 0 unspecified atom stereocenters. The number of ether oxygens (including phenoxy) is 2. The van der Waals surface area contributed by atoms with Crippen LogP contribution in [-0.2, 0) is 0 Å². The number of halogens is 3. The summed E-state index contributed by atoms with van der Waals surface area (Å²) >= 11 is 0. The minimum Gasteiger partial charge on any atom is -0.497 e. The zero-order valence-corrected chi connectivity index (χ0v) is 17.0. The Kier molecular flexibility index (Phi) is 5.39. The lowest BCUT2D eigenvalue weighted by atomic mass is 9.63. The predicted octanol–water partition coefficient (Wildman–Crippen LogP) is 2.79. The molecule has 8 nitrogen and oxygen atoms in total. The van der Waals surface area contributed by atoms with Gasteiger partial charge in [-0.1, -0.05) is 19.0 Å². The molecule has 164 valence electrons. The van der Waals surface area contributed by atoms with Crippen LogP contribution in [0.3, 0.4) is 0 Å². The molecule has 2 aromatic carbocycles. The van der Waals surface area contributed by atoms with E-state index >= 15 is 0 Å². The van der Waals surface area contributed by atoms with Crippen molar-refractivity contribution in [2.75, 3.05) is 12.8 Å². The van der Waals surface area contributed by atoms with Crippen molar-refractivity contribution in [2.24, 2.45) is 0 Å². The molecule has 3 N–H and O–H groups in total. The number of fused-ring (bicyclic) bond motifs is 1. The van der Waals surface area contributed by atoms with Crippen molar-refractivity contribution < 1.29 is 27.7 Å². The molecule has 2 heterocycles. The van der Waals surface area contributed by atoms with Crippen molar-refractivity contribution in [3.63, 3.8) is 0 Å². The molecule has 4 aromatic rings. The second kappa shape index (κ2) is 8.04. The van der Waals surface area contributed by atoms with Gasteiger partial charge in [-0.3, -0.25) is 0 Å². The number of nitrogens with two attached hydrogens (primary N) is 1. The second-order valence-electron chi connectivity index (χ2n) is 6.99. The van der Waals surface area contributed by atoms with E-state index in [1.165, 1.54) is 18.0 Å². The molecule has 0 saturated heterocycles. The maximum atomic E-state index is 12.6. The fourth-order valence-corrected chi connectivity index (χ4v) is 3.38. The number of methoxy groups -OCH3 is 1. The maximum Gasteiger partial charge on any atom is 0.573 e. The number of hydrogen-bond donors (Lipinski definition) is 2. The molecule has 2 aromatic heterocycles. The summed E-state index contributed by atoms with van der Waals surface area (Å²) in [5, 5.41) is 22.9. The number of rotatable bonds is 5. The van der Waals surface area contributed by atoms with Gasteiger partial charge in [0, 0.05) is 17.0 Å². The lowest BCUT2D eigenvalue weighted by Crippen LogP contribution is -2.28. The topological polar surface area (TPSA) is 108 Å². The molecule has 0 bridgehead atoms. The van der Waals surface area contributed by atoms with Gasteiger partial charge in [-0.15, -0.1) is 13.2 Å². The normalized spacial score (nSPS) is 11.6. The minimum absolute atomic E-state index is 0.345. The Hall–Kier alpha value is -3.80. The van der Waals surface area contributed by atoms with Crippen molar-refractivity contribution in [3.05, 3.63) is 48.9 Å². The molecular weight excluding hydrogens is 426 g/mol. The number of aromatic nitrogens is 4. The van der Waals surface area contributed by atoms with E-state index in [0.717, 1.165) is 12.4 Å². The molecule has 32 heavy (non-hydrogen) atoms. The van der Waals surface area contributed by atoms with Crippen molar-refractivity contribution in [1.82, 2.24) is 20.0 Å². The van der Waals surface area contributed by atoms with Crippen LogP contribution in [0.5, 0.6) is 11.5 Å². The first kappa shape index (κ1) is 21.4. The largest absolute Gasteiger partial charge is 0.573 e. The third kappa shape index (κ3) is 4.17. The number of nitrogen functional groups attached to an aromatic ring is 1. The molecule has 0 radical (unpaired) electrons. The maximum absolute atomic E-state index is 12.6. The molecule has 0 amide bonds. The van der Waals surface area contributed by atoms with E-state index in [1.807, 2.05) is 0 Å². The standard InChI is InChI=1S/C20H17BF3N5O3/c1-21(30)15-6-14(11-3-4-13-16(25)9-26-28-17(13)5-11)18(7-19(15)31-2)29-10-12(8-27-29)32-20(22,23)24/h3-10,30H,1-2H3,(H2,25,28). The third-order valence-corrected chi connectivity index (χ3v) is 4.82. The van der Waals surface area contributed by atoms with Gasteiger partial charge in [0.25, 0.3) is 0 Å². The number of hydrogen-bond acceptors (Lipinski definition) is 7. The highest BCUT2D eigenvalue weighted by Crippen LogP contribution is 2.33. The molecule has 0 atom stereocenters. The molecule has 0 saturated carbocycles. The van der Waals surface area contributed by atoms with E-state index in [4.69, 9.17) is 10.5 Å². The molecule has 12 heteroatoms. The Morgan fingerprint density at radius 1 is 1.16 bits per heavy atom. The Bertz CT molecular complexity index is 1290. The fourth-order valence-electron chi connectivity index (χ4n) is 3.38. The first-order chi connectivity index (χ1) is 15.2. The summed E-state index contributed by atoms with van der Waals surface area (Å²) in [5.74, 6) is -0.128. The molecule has 0 fully saturated rings. The van der Waals surface area contributed by atoms with Crippen LogP contribution in [0.25, 0.3) is 27.7 Å². The quantitative estimate of drug-likeness (QED) is 0.457. The number of alkyl halides is 3. The average molecular weight is 443 g/mol. The molecular formula is C20H17BF3N5O3. The molecule has 0 aliphatic heterocycles. The summed E-state index contributed by atoms with van der Waals surface area (Å²) in [4.78, 5) is 0.